The Kier molecular flexibility index (Phi) is 4.73. The van der Waals surface area contributed by atoms with Crippen molar-refractivity contribution in [3.05, 3.63) is 71.3 Å². The summed E-state index contributed by atoms with van der Waals surface area (Å²) in [7, 11) is 0. The molecule has 0 saturated heterocycles. The summed E-state index contributed by atoms with van der Waals surface area (Å²) in [6, 6.07) is 13.7. The highest BCUT2D eigenvalue weighted by Gasteiger charge is 2.21. The van der Waals surface area contributed by atoms with Crippen LogP contribution in [-0.4, -0.2) is 6.54 Å². The van der Waals surface area contributed by atoms with Gasteiger partial charge in [0.1, 0.15) is 11.6 Å². The fourth-order valence-electron chi connectivity index (χ4n) is 2.34. The molecule has 1 nitrogen and oxygen atoms in total. The molecule has 0 aromatic heterocycles. The van der Waals surface area contributed by atoms with Gasteiger partial charge >= 0.3 is 0 Å². The van der Waals surface area contributed by atoms with Crippen molar-refractivity contribution in [1.29, 1.82) is 0 Å². The lowest BCUT2D eigenvalue weighted by Gasteiger charge is -2.28. The van der Waals surface area contributed by atoms with Gasteiger partial charge in [-0.05, 0) is 30.2 Å². The van der Waals surface area contributed by atoms with E-state index in [1.165, 1.54) is 17.7 Å². The molecule has 0 aliphatic rings. The largest absolute Gasteiger partial charge is 0.309 e. The number of hydrogen-bond donors (Lipinski definition) is 1. The Hall–Kier alpha value is -1.74. The third-order valence-electron chi connectivity index (χ3n) is 3.79. The maximum atomic E-state index is 13.3. The lowest BCUT2D eigenvalue weighted by molar-refractivity contribution is 0.433. The van der Waals surface area contributed by atoms with Gasteiger partial charge in [0, 0.05) is 24.1 Å². The Labute approximate surface area is 125 Å². The molecule has 1 N–H and O–H groups in total. The predicted octanol–water partition coefficient (Wildman–Crippen LogP) is 4.59. The van der Waals surface area contributed by atoms with E-state index in [1.54, 1.807) is 0 Å². The summed E-state index contributed by atoms with van der Waals surface area (Å²) in [6.45, 7) is 6.92. The van der Waals surface area contributed by atoms with E-state index in [4.69, 9.17) is 0 Å². The van der Waals surface area contributed by atoms with E-state index in [0.717, 1.165) is 12.6 Å². The van der Waals surface area contributed by atoms with E-state index >= 15 is 0 Å². The van der Waals surface area contributed by atoms with Crippen molar-refractivity contribution in [1.82, 2.24) is 5.32 Å². The van der Waals surface area contributed by atoms with Gasteiger partial charge in [0.25, 0.3) is 0 Å². The van der Waals surface area contributed by atoms with Crippen LogP contribution in [0.3, 0.4) is 0 Å². The van der Waals surface area contributed by atoms with Crippen molar-refractivity contribution in [3.8, 4) is 0 Å². The van der Waals surface area contributed by atoms with Crippen molar-refractivity contribution in [3.63, 3.8) is 0 Å². The molecule has 0 fully saturated rings. The molecule has 21 heavy (non-hydrogen) atoms. The molecule has 0 amide bonds. The first kappa shape index (κ1) is 15.6. The van der Waals surface area contributed by atoms with E-state index in [2.05, 4.69) is 31.3 Å². The zero-order valence-corrected chi connectivity index (χ0v) is 12.7. The van der Waals surface area contributed by atoms with E-state index in [0.29, 0.717) is 5.56 Å². The van der Waals surface area contributed by atoms with Crippen LogP contribution < -0.4 is 5.32 Å². The molecule has 2 aromatic carbocycles. The van der Waals surface area contributed by atoms with Crippen LogP contribution in [-0.2, 0) is 5.41 Å². The summed E-state index contributed by atoms with van der Waals surface area (Å²) in [6.07, 6.45) is 0. The fraction of sp³-hybridized carbons (Fsp3) is 0.333. The molecule has 3 heteroatoms. The molecule has 1 atom stereocenters. The molecule has 0 radical (unpaired) electrons. The molecular weight excluding hydrogens is 268 g/mol. The Balaban J connectivity index is 2.05. The molecule has 112 valence electrons. The molecule has 2 aromatic rings. The minimum atomic E-state index is -0.541. The maximum absolute atomic E-state index is 13.3. The SMILES string of the molecule is CC(NCC(C)(C)c1ccccc1)c1cc(F)cc(F)c1. The Bertz CT molecular complexity index is 573. The Morgan fingerprint density at radius 2 is 1.57 bits per heavy atom. The van der Waals surface area contributed by atoms with Crippen molar-refractivity contribution in [2.75, 3.05) is 6.54 Å². The van der Waals surface area contributed by atoms with Crippen molar-refractivity contribution < 1.29 is 8.78 Å². The van der Waals surface area contributed by atoms with Gasteiger partial charge in [0.15, 0.2) is 0 Å². The van der Waals surface area contributed by atoms with Crippen LogP contribution in [0.4, 0.5) is 8.78 Å². The van der Waals surface area contributed by atoms with Crippen LogP contribution in [0.5, 0.6) is 0 Å². The molecule has 0 saturated carbocycles. The van der Waals surface area contributed by atoms with Crippen LogP contribution in [0.15, 0.2) is 48.5 Å². The normalized spacial score (nSPS) is 13.2. The third-order valence-corrected chi connectivity index (χ3v) is 3.79. The smallest absolute Gasteiger partial charge is 0.126 e. The van der Waals surface area contributed by atoms with Crippen LogP contribution in [0.1, 0.15) is 37.9 Å². The molecule has 0 spiro atoms. The van der Waals surface area contributed by atoms with Gasteiger partial charge in [-0.2, -0.15) is 0 Å². The second kappa shape index (κ2) is 6.35. The standard InChI is InChI=1S/C18H21F2N/c1-13(14-9-16(19)11-17(20)10-14)21-12-18(2,3)15-7-5-4-6-8-15/h4-11,13,21H,12H2,1-3H3. The highest BCUT2D eigenvalue weighted by Crippen LogP contribution is 2.23. The Morgan fingerprint density at radius 3 is 2.14 bits per heavy atom. The molecule has 0 heterocycles. The van der Waals surface area contributed by atoms with Gasteiger partial charge in [0.2, 0.25) is 0 Å². The fourth-order valence-corrected chi connectivity index (χ4v) is 2.34. The molecular formula is C18H21F2N. The number of benzene rings is 2. The lowest BCUT2D eigenvalue weighted by Crippen LogP contribution is -2.34. The van der Waals surface area contributed by atoms with Crippen LogP contribution in [0.2, 0.25) is 0 Å². The molecule has 0 aliphatic heterocycles. The number of nitrogens with one attached hydrogen (secondary N) is 1. The number of halogens is 2. The third kappa shape index (κ3) is 4.11. The summed E-state index contributed by atoms with van der Waals surface area (Å²) in [5, 5.41) is 3.36. The second-order valence-electron chi connectivity index (χ2n) is 6.06. The van der Waals surface area contributed by atoms with Gasteiger partial charge in [-0.1, -0.05) is 44.2 Å². The van der Waals surface area contributed by atoms with Crippen molar-refractivity contribution in [2.45, 2.75) is 32.2 Å². The zero-order valence-electron chi connectivity index (χ0n) is 12.7. The summed E-state index contributed by atoms with van der Waals surface area (Å²) in [5.41, 5.74) is 1.80. The van der Waals surface area contributed by atoms with Crippen LogP contribution >= 0.6 is 0 Å². The molecule has 1 unspecified atom stereocenters. The Morgan fingerprint density at radius 1 is 1.00 bits per heavy atom. The summed E-state index contributed by atoms with van der Waals surface area (Å²) >= 11 is 0. The summed E-state index contributed by atoms with van der Waals surface area (Å²) in [5.74, 6) is -1.08. The number of hydrogen-bond acceptors (Lipinski definition) is 1. The predicted molar refractivity (Wildman–Crippen MR) is 82.2 cm³/mol. The van der Waals surface area contributed by atoms with Crippen molar-refractivity contribution >= 4 is 0 Å². The van der Waals surface area contributed by atoms with Gasteiger partial charge in [-0.15, -0.1) is 0 Å². The van der Waals surface area contributed by atoms with Gasteiger partial charge in [0.05, 0.1) is 0 Å². The summed E-state index contributed by atoms with van der Waals surface area (Å²) < 4.78 is 26.5. The van der Waals surface area contributed by atoms with Crippen LogP contribution in [0.25, 0.3) is 0 Å². The first-order chi connectivity index (χ1) is 9.88. The number of rotatable bonds is 5. The van der Waals surface area contributed by atoms with Gasteiger partial charge < -0.3 is 5.32 Å². The molecule has 0 bridgehead atoms. The topological polar surface area (TPSA) is 12.0 Å². The highest BCUT2D eigenvalue weighted by atomic mass is 19.1. The average Bonchev–Trinajstić information content (AvgIpc) is 2.45. The van der Waals surface area contributed by atoms with Gasteiger partial charge in [-0.25, -0.2) is 8.78 Å². The second-order valence-corrected chi connectivity index (χ2v) is 6.06. The molecule has 2 rings (SSSR count). The lowest BCUT2D eigenvalue weighted by atomic mass is 9.84. The zero-order chi connectivity index (χ0) is 15.5. The minimum absolute atomic E-state index is 0.0542. The van der Waals surface area contributed by atoms with E-state index in [-0.39, 0.29) is 11.5 Å². The average molecular weight is 289 g/mol. The first-order valence-electron chi connectivity index (χ1n) is 7.13. The van der Waals surface area contributed by atoms with E-state index in [9.17, 15) is 8.78 Å². The highest BCUT2D eigenvalue weighted by molar-refractivity contribution is 5.25. The monoisotopic (exact) mass is 289 g/mol. The summed E-state index contributed by atoms with van der Waals surface area (Å²) in [4.78, 5) is 0. The quantitative estimate of drug-likeness (QED) is 0.848. The first-order valence-corrected chi connectivity index (χ1v) is 7.13. The van der Waals surface area contributed by atoms with Gasteiger partial charge in [-0.3, -0.25) is 0 Å². The van der Waals surface area contributed by atoms with Crippen molar-refractivity contribution in [2.24, 2.45) is 0 Å². The molecule has 0 aliphatic carbocycles. The maximum Gasteiger partial charge on any atom is 0.126 e. The van der Waals surface area contributed by atoms with E-state index < -0.39 is 11.6 Å². The van der Waals surface area contributed by atoms with E-state index in [1.807, 2.05) is 25.1 Å². The minimum Gasteiger partial charge on any atom is -0.309 e. The van der Waals surface area contributed by atoms with Crippen LogP contribution in [0, 0.1) is 11.6 Å².